The predicted molar refractivity (Wildman–Crippen MR) is 104 cm³/mol. The maximum absolute atomic E-state index is 12.4. The van der Waals surface area contributed by atoms with E-state index in [1.54, 1.807) is 18.0 Å². The highest BCUT2D eigenvalue weighted by Crippen LogP contribution is 2.33. The topological polar surface area (TPSA) is 54.8 Å². The molecular weight excluding hydrogens is 354 g/mol. The molecule has 0 saturated carbocycles. The molecule has 128 valence electrons. The van der Waals surface area contributed by atoms with E-state index in [2.05, 4.69) is 16.6 Å². The number of amides is 1. The number of thioether (sulfide) groups is 1. The number of hydrogen-bond acceptors (Lipinski definition) is 6. The average molecular weight is 371 g/mol. The van der Waals surface area contributed by atoms with Gasteiger partial charge in [-0.3, -0.25) is 9.69 Å². The van der Waals surface area contributed by atoms with Crippen LogP contribution in [0.25, 0.3) is 6.08 Å². The fourth-order valence-corrected chi connectivity index (χ4v) is 3.78. The minimum absolute atomic E-state index is 0.0657. The molecule has 1 aromatic heterocycles. The van der Waals surface area contributed by atoms with Crippen LogP contribution in [0.1, 0.15) is 11.3 Å². The number of aryl methyl sites for hydroxylation is 1. The Balaban J connectivity index is 1.78. The number of hydrogen-bond donors (Lipinski definition) is 0. The van der Waals surface area contributed by atoms with Gasteiger partial charge < -0.3 is 4.74 Å². The number of aliphatic imine (C=N–C) groups is 1. The lowest BCUT2D eigenvalue weighted by Gasteiger charge is -2.05. The van der Waals surface area contributed by atoms with E-state index < -0.39 is 0 Å². The largest absolute Gasteiger partial charge is 0.490 e. The Hall–Kier alpha value is -2.38. The van der Waals surface area contributed by atoms with Crippen molar-refractivity contribution in [3.05, 3.63) is 58.5 Å². The van der Waals surface area contributed by atoms with E-state index in [0.717, 1.165) is 17.0 Å². The summed E-state index contributed by atoms with van der Waals surface area (Å²) in [6, 6.07) is 7.57. The summed E-state index contributed by atoms with van der Waals surface area (Å²) in [6.07, 6.45) is 3.56. The van der Waals surface area contributed by atoms with Gasteiger partial charge in [0.25, 0.3) is 5.91 Å². The average Bonchev–Trinajstić information content (AvgIpc) is 3.13. The molecule has 0 aliphatic carbocycles. The number of ether oxygens (including phenoxy) is 1. The van der Waals surface area contributed by atoms with Gasteiger partial charge in [-0.2, -0.15) is 4.99 Å². The zero-order valence-electron chi connectivity index (χ0n) is 13.9. The van der Waals surface area contributed by atoms with Crippen molar-refractivity contribution in [1.82, 2.24) is 9.88 Å². The Morgan fingerprint density at radius 2 is 2.12 bits per heavy atom. The Bertz CT molecular complexity index is 853. The van der Waals surface area contributed by atoms with E-state index >= 15 is 0 Å². The number of aromatic nitrogens is 1. The van der Waals surface area contributed by atoms with Gasteiger partial charge in [-0.25, -0.2) is 4.98 Å². The van der Waals surface area contributed by atoms with Crippen LogP contribution in [0.5, 0.6) is 5.75 Å². The Kier molecular flexibility index (Phi) is 5.35. The Labute approximate surface area is 154 Å². The van der Waals surface area contributed by atoms with Gasteiger partial charge >= 0.3 is 0 Å². The molecule has 0 radical (unpaired) electrons. The highest BCUT2D eigenvalue weighted by atomic mass is 32.2. The molecule has 1 aromatic carbocycles. The van der Waals surface area contributed by atoms with Crippen molar-refractivity contribution in [1.29, 1.82) is 0 Å². The first-order valence-corrected chi connectivity index (χ1v) is 9.28. The van der Waals surface area contributed by atoms with Crippen LogP contribution in [0.3, 0.4) is 0 Å². The monoisotopic (exact) mass is 371 g/mol. The van der Waals surface area contributed by atoms with Crippen LogP contribution in [0.15, 0.2) is 52.2 Å². The molecule has 5 nitrogen and oxygen atoms in total. The van der Waals surface area contributed by atoms with Crippen molar-refractivity contribution in [3.63, 3.8) is 0 Å². The molecule has 0 N–H and O–H groups in total. The molecule has 1 amide bonds. The van der Waals surface area contributed by atoms with Crippen LogP contribution in [-0.2, 0) is 4.79 Å². The number of likely N-dealkylation sites (N-methyl/N-ethyl adjacent to an activating group) is 1. The Morgan fingerprint density at radius 1 is 1.36 bits per heavy atom. The van der Waals surface area contributed by atoms with Gasteiger partial charge in [0.15, 0.2) is 5.17 Å². The van der Waals surface area contributed by atoms with Crippen LogP contribution >= 0.6 is 23.1 Å². The van der Waals surface area contributed by atoms with E-state index in [1.807, 2.05) is 42.6 Å². The van der Waals surface area contributed by atoms with Gasteiger partial charge in [0.1, 0.15) is 12.4 Å². The van der Waals surface area contributed by atoms with Crippen molar-refractivity contribution in [2.24, 2.45) is 4.99 Å². The van der Waals surface area contributed by atoms with Gasteiger partial charge in [0, 0.05) is 12.4 Å². The molecule has 2 aromatic rings. The summed E-state index contributed by atoms with van der Waals surface area (Å²) in [6.45, 7) is 6.01. The molecule has 1 aliphatic heterocycles. The molecular formula is C18H17N3O2S2. The number of nitrogens with zero attached hydrogens (tertiary/aromatic N) is 3. The van der Waals surface area contributed by atoms with Crippen molar-refractivity contribution in [2.45, 2.75) is 6.92 Å². The smallest absolute Gasteiger partial charge is 0.266 e. The third-order valence-electron chi connectivity index (χ3n) is 3.35. The number of carbonyl (C=O) groups is 1. The summed E-state index contributed by atoms with van der Waals surface area (Å²) in [5, 5.41) is 3.23. The molecule has 0 atom stereocenters. The molecule has 0 spiro atoms. The Morgan fingerprint density at radius 3 is 2.76 bits per heavy atom. The minimum Gasteiger partial charge on any atom is -0.490 e. The lowest BCUT2D eigenvalue weighted by Crippen LogP contribution is -2.23. The summed E-state index contributed by atoms with van der Waals surface area (Å²) in [7, 11) is 1.72. The molecule has 0 bridgehead atoms. The molecule has 25 heavy (non-hydrogen) atoms. The first-order chi connectivity index (χ1) is 12.1. The van der Waals surface area contributed by atoms with Gasteiger partial charge in [-0.1, -0.05) is 24.8 Å². The van der Waals surface area contributed by atoms with Crippen molar-refractivity contribution in [3.8, 4) is 5.75 Å². The molecule has 0 unspecified atom stereocenters. The molecule has 3 rings (SSSR count). The zero-order valence-corrected chi connectivity index (χ0v) is 15.6. The van der Waals surface area contributed by atoms with Gasteiger partial charge in [0.05, 0.1) is 10.6 Å². The molecule has 1 aliphatic rings. The second-order valence-electron chi connectivity index (χ2n) is 5.31. The third-order valence-corrected chi connectivity index (χ3v) is 5.26. The summed E-state index contributed by atoms with van der Waals surface area (Å²) in [5.74, 6) is 0.704. The fraction of sp³-hybridized carbons (Fsp3) is 0.167. The first kappa shape index (κ1) is 17.4. The van der Waals surface area contributed by atoms with E-state index in [9.17, 15) is 4.79 Å². The lowest BCUT2D eigenvalue weighted by atomic mass is 10.2. The second-order valence-corrected chi connectivity index (χ2v) is 7.16. The number of benzene rings is 1. The minimum atomic E-state index is -0.0657. The number of rotatable bonds is 5. The zero-order chi connectivity index (χ0) is 17.8. The van der Waals surface area contributed by atoms with E-state index in [-0.39, 0.29) is 5.91 Å². The molecule has 2 heterocycles. The quantitative estimate of drug-likeness (QED) is 0.582. The summed E-state index contributed by atoms with van der Waals surface area (Å²) >= 11 is 2.82. The van der Waals surface area contributed by atoms with E-state index in [1.165, 1.54) is 23.1 Å². The van der Waals surface area contributed by atoms with Crippen molar-refractivity contribution < 1.29 is 9.53 Å². The highest BCUT2D eigenvalue weighted by molar-refractivity contribution is 8.18. The highest BCUT2D eigenvalue weighted by Gasteiger charge is 2.30. The molecule has 1 fully saturated rings. The summed E-state index contributed by atoms with van der Waals surface area (Å²) < 4.78 is 5.46. The van der Waals surface area contributed by atoms with Gasteiger partial charge in [0.2, 0.25) is 5.13 Å². The van der Waals surface area contributed by atoms with Gasteiger partial charge in [-0.05, 0) is 42.5 Å². The van der Waals surface area contributed by atoms with Crippen LogP contribution in [0.2, 0.25) is 0 Å². The third kappa shape index (κ3) is 4.18. The summed E-state index contributed by atoms with van der Waals surface area (Å²) in [5.41, 5.74) is 1.86. The second kappa shape index (κ2) is 7.67. The predicted octanol–water partition coefficient (Wildman–Crippen LogP) is 4.25. The normalized spacial score (nSPS) is 17.5. The van der Waals surface area contributed by atoms with E-state index in [4.69, 9.17) is 4.74 Å². The SMILES string of the molecule is C=CCOc1ccc(/C=C2\S/C(=N/c3nc(C)cs3)N(C)C2=O)cc1. The first-order valence-electron chi connectivity index (χ1n) is 7.59. The number of thiazole rings is 1. The molecule has 7 heteroatoms. The van der Waals surface area contributed by atoms with Crippen molar-refractivity contribution >= 4 is 45.4 Å². The number of carbonyl (C=O) groups excluding carboxylic acids is 1. The lowest BCUT2D eigenvalue weighted by molar-refractivity contribution is -0.121. The van der Waals surface area contributed by atoms with Crippen LogP contribution in [-0.4, -0.2) is 34.6 Å². The number of amidine groups is 1. The van der Waals surface area contributed by atoms with Gasteiger partial charge in [-0.15, -0.1) is 11.3 Å². The van der Waals surface area contributed by atoms with Crippen LogP contribution in [0, 0.1) is 6.92 Å². The molecule has 1 saturated heterocycles. The van der Waals surface area contributed by atoms with Crippen LogP contribution in [0.4, 0.5) is 5.13 Å². The van der Waals surface area contributed by atoms with Crippen LogP contribution < -0.4 is 4.74 Å². The standard InChI is InChI=1S/C18H17N3O2S2/c1-4-9-23-14-7-5-13(6-8-14)10-15-16(22)21(3)18(25-15)20-17-19-12(2)11-24-17/h4-8,10-11H,1,9H2,2-3H3/b15-10-,20-18+. The fourth-order valence-electron chi connectivity index (χ4n) is 2.09. The maximum atomic E-state index is 12.4. The summed E-state index contributed by atoms with van der Waals surface area (Å²) in [4.78, 5) is 23.4. The van der Waals surface area contributed by atoms with E-state index in [0.29, 0.717) is 21.8 Å². The maximum Gasteiger partial charge on any atom is 0.266 e. The van der Waals surface area contributed by atoms with Crippen molar-refractivity contribution in [2.75, 3.05) is 13.7 Å².